The highest BCUT2D eigenvalue weighted by atomic mass is 16.1. The summed E-state index contributed by atoms with van der Waals surface area (Å²) in [6.45, 7) is 4.13. The zero-order valence-corrected chi connectivity index (χ0v) is 15.5. The fraction of sp³-hybridized carbons (Fsp3) is 0.227. The van der Waals surface area contributed by atoms with Gasteiger partial charge in [-0.05, 0) is 37.5 Å². The first-order chi connectivity index (χ1) is 13.1. The fourth-order valence-electron chi connectivity index (χ4n) is 3.61. The van der Waals surface area contributed by atoms with E-state index in [9.17, 15) is 4.79 Å². The number of amides is 1. The van der Waals surface area contributed by atoms with Crippen LogP contribution in [-0.4, -0.2) is 21.9 Å². The van der Waals surface area contributed by atoms with Crippen molar-refractivity contribution in [1.82, 2.24) is 15.3 Å². The average Bonchev–Trinajstić information content (AvgIpc) is 3.04. The van der Waals surface area contributed by atoms with Gasteiger partial charge in [0.1, 0.15) is 17.8 Å². The van der Waals surface area contributed by atoms with Crippen LogP contribution in [-0.2, 0) is 6.42 Å². The van der Waals surface area contributed by atoms with Gasteiger partial charge in [0.25, 0.3) is 5.91 Å². The Kier molecular flexibility index (Phi) is 4.59. The number of nitrogens with zero attached hydrogens (tertiary/aromatic N) is 3. The molecule has 27 heavy (non-hydrogen) atoms. The summed E-state index contributed by atoms with van der Waals surface area (Å²) >= 11 is 0. The van der Waals surface area contributed by atoms with Crippen LogP contribution in [0.1, 0.15) is 41.5 Å². The minimum atomic E-state index is -0.199. The molecule has 5 heteroatoms. The number of carbonyl (C=O) groups is 1. The Balaban J connectivity index is 1.57. The summed E-state index contributed by atoms with van der Waals surface area (Å²) in [5, 5.41) is 3.01. The van der Waals surface area contributed by atoms with Crippen molar-refractivity contribution in [3.63, 3.8) is 0 Å². The largest absolute Gasteiger partial charge is 0.344 e. The van der Waals surface area contributed by atoms with Gasteiger partial charge in [-0.2, -0.15) is 0 Å². The van der Waals surface area contributed by atoms with Gasteiger partial charge in [0.05, 0.1) is 6.04 Å². The lowest BCUT2D eigenvalue weighted by Crippen LogP contribution is -2.29. The Bertz CT molecular complexity index is 957. The topological polar surface area (TPSA) is 58.1 Å². The van der Waals surface area contributed by atoms with Crippen molar-refractivity contribution in [2.24, 2.45) is 0 Å². The van der Waals surface area contributed by atoms with Gasteiger partial charge in [0, 0.05) is 17.8 Å². The smallest absolute Gasteiger partial charge is 0.270 e. The van der Waals surface area contributed by atoms with Crippen molar-refractivity contribution >= 4 is 17.4 Å². The number of fused-ring (bicyclic) bond motifs is 1. The molecule has 2 aromatic carbocycles. The van der Waals surface area contributed by atoms with Gasteiger partial charge in [-0.1, -0.05) is 48.5 Å². The number of para-hydroxylation sites is 1. The van der Waals surface area contributed by atoms with Crippen molar-refractivity contribution < 1.29 is 4.79 Å². The summed E-state index contributed by atoms with van der Waals surface area (Å²) < 4.78 is 0. The third-order valence-electron chi connectivity index (χ3n) is 4.99. The van der Waals surface area contributed by atoms with Crippen LogP contribution in [0.15, 0.2) is 67.0 Å². The van der Waals surface area contributed by atoms with Gasteiger partial charge in [-0.25, -0.2) is 9.97 Å². The summed E-state index contributed by atoms with van der Waals surface area (Å²) in [5.74, 6) is 0.551. The number of rotatable bonds is 4. The van der Waals surface area contributed by atoms with Crippen LogP contribution in [0.5, 0.6) is 0 Å². The van der Waals surface area contributed by atoms with Crippen molar-refractivity contribution in [2.45, 2.75) is 32.4 Å². The zero-order valence-electron chi connectivity index (χ0n) is 15.5. The molecule has 0 bridgehead atoms. The first-order valence-corrected chi connectivity index (χ1v) is 9.18. The van der Waals surface area contributed by atoms with Gasteiger partial charge in [0.15, 0.2) is 0 Å². The van der Waals surface area contributed by atoms with Crippen LogP contribution in [0.2, 0.25) is 0 Å². The van der Waals surface area contributed by atoms with E-state index in [2.05, 4.69) is 45.3 Å². The van der Waals surface area contributed by atoms with E-state index in [1.54, 1.807) is 6.07 Å². The predicted octanol–water partition coefficient (Wildman–Crippen LogP) is 4.05. The normalized spacial score (nSPS) is 16.7. The van der Waals surface area contributed by atoms with E-state index in [4.69, 9.17) is 0 Å². The Morgan fingerprint density at radius 3 is 2.67 bits per heavy atom. The quantitative estimate of drug-likeness (QED) is 0.764. The summed E-state index contributed by atoms with van der Waals surface area (Å²) in [6.07, 6.45) is 2.43. The second-order valence-electron chi connectivity index (χ2n) is 6.92. The van der Waals surface area contributed by atoms with Crippen LogP contribution in [0.25, 0.3) is 0 Å². The predicted molar refractivity (Wildman–Crippen MR) is 106 cm³/mol. The number of anilines is 2. The van der Waals surface area contributed by atoms with Crippen LogP contribution in [0.3, 0.4) is 0 Å². The highest BCUT2D eigenvalue weighted by Gasteiger charge is 2.28. The molecule has 1 N–H and O–H groups in total. The molecule has 2 atom stereocenters. The Morgan fingerprint density at radius 1 is 1.11 bits per heavy atom. The van der Waals surface area contributed by atoms with Crippen LogP contribution in [0.4, 0.5) is 11.5 Å². The number of benzene rings is 2. The van der Waals surface area contributed by atoms with Crippen molar-refractivity contribution in [3.8, 4) is 0 Å². The molecule has 2 unspecified atom stereocenters. The standard InChI is InChI=1S/C22H22N4O/c1-15-12-18-10-6-7-11-20(18)26(15)21-13-19(23-14-24-21)22(27)25-16(2)17-8-4-3-5-9-17/h3-11,13-16H,12H2,1-2H3,(H,25,27). The minimum absolute atomic E-state index is 0.0939. The average molecular weight is 358 g/mol. The molecule has 5 nitrogen and oxygen atoms in total. The number of hydrogen-bond donors (Lipinski definition) is 1. The van der Waals surface area contributed by atoms with Gasteiger partial charge >= 0.3 is 0 Å². The van der Waals surface area contributed by atoms with E-state index >= 15 is 0 Å². The molecule has 0 aliphatic carbocycles. The fourth-order valence-corrected chi connectivity index (χ4v) is 3.61. The molecule has 0 spiro atoms. The number of nitrogens with one attached hydrogen (secondary N) is 1. The monoisotopic (exact) mass is 358 g/mol. The van der Waals surface area contributed by atoms with E-state index < -0.39 is 0 Å². The maximum absolute atomic E-state index is 12.7. The van der Waals surface area contributed by atoms with Crippen molar-refractivity contribution in [1.29, 1.82) is 0 Å². The lowest BCUT2D eigenvalue weighted by Gasteiger charge is -2.24. The maximum atomic E-state index is 12.7. The molecule has 3 aromatic rings. The number of carbonyl (C=O) groups excluding carboxylic acids is 1. The number of aromatic nitrogens is 2. The molecule has 0 saturated heterocycles. The molecule has 2 heterocycles. The highest BCUT2D eigenvalue weighted by Crippen LogP contribution is 2.37. The molecule has 4 rings (SSSR count). The summed E-state index contributed by atoms with van der Waals surface area (Å²) in [4.78, 5) is 23.5. The van der Waals surface area contributed by atoms with Crippen LogP contribution < -0.4 is 10.2 Å². The minimum Gasteiger partial charge on any atom is -0.344 e. The Morgan fingerprint density at radius 2 is 1.85 bits per heavy atom. The molecular formula is C22H22N4O. The Hall–Kier alpha value is -3.21. The molecule has 0 saturated carbocycles. The molecular weight excluding hydrogens is 336 g/mol. The molecule has 1 aliphatic rings. The molecule has 136 valence electrons. The molecule has 1 aromatic heterocycles. The van der Waals surface area contributed by atoms with Crippen molar-refractivity contribution in [2.75, 3.05) is 4.90 Å². The summed E-state index contributed by atoms with van der Waals surface area (Å²) in [5.41, 5.74) is 3.88. The summed E-state index contributed by atoms with van der Waals surface area (Å²) in [7, 11) is 0. The van der Waals surface area contributed by atoms with E-state index in [0.717, 1.165) is 23.5 Å². The number of hydrogen-bond acceptors (Lipinski definition) is 4. The zero-order chi connectivity index (χ0) is 18.8. The molecule has 1 amide bonds. The van der Waals surface area contributed by atoms with Crippen molar-refractivity contribution in [3.05, 3.63) is 83.8 Å². The second kappa shape index (κ2) is 7.19. The summed E-state index contributed by atoms with van der Waals surface area (Å²) in [6, 6.07) is 20.2. The van der Waals surface area contributed by atoms with E-state index in [1.807, 2.05) is 43.3 Å². The van der Waals surface area contributed by atoms with Gasteiger partial charge in [0.2, 0.25) is 0 Å². The first-order valence-electron chi connectivity index (χ1n) is 9.18. The first kappa shape index (κ1) is 17.2. The third-order valence-corrected chi connectivity index (χ3v) is 4.99. The van der Waals surface area contributed by atoms with E-state index in [-0.39, 0.29) is 18.0 Å². The van der Waals surface area contributed by atoms with Gasteiger partial charge in [-0.3, -0.25) is 4.79 Å². The van der Waals surface area contributed by atoms with E-state index in [1.165, 1.54) is 11.9 Å². The van der Waals surface area contributed by atoms with Gasteiger partial charge < -0.3 is 10.2 Å². The SMILES string of the molecule is CC(NC(=O)c1cc(N2c3ccccc3CC2C)ncn1)c1ccccc1. The van der Waals surface area contributed by atoms with E-state index in [0.29, 0.717) is 5.69 Å². The molecule has 0 radical (unpaired) electrons. The van der Waals surface area contributed by atoms with Crippen LogP contribution >= 0.6 is 0 Å². The van der Waals surface area contributed by atoms with Gasteiger partial charge in [-0.15, -0.1) is 0 Å². The molecule has 1 aliphatic heterocycles. The highest BCUT2D eigenvalue weighted by molar-refractivity contribution is 5.93. The lowest BCUT2D eigenvalue weighted by molar-refractivity contribution is 0.0934. The lowest BCUT2D eigenvalue weighted by atomic mass is 10.1. The molecule has 0 fully saturated rings. The Labute approximate surface area is 159 Å². The third kappa shape index (κ3) is 3.40. The second-order valence-corrected chi connectivity index (χ2v) is 6.92. The maximum Gasteiger partial charge on any atom is 0.270 e. The van der Waals surface area contributed by atoms with Crippen LogP contribution in [0, 0.1) is 0 Å².